The highest BCUT2D eigenvalue weighted by molar-refractivity contribution is 6.29. The number of nitrogen functional groups attached to an aromatic ring is 1. The fourth-order valence-electron chi connectivity index (χ4n) is 2.00. The lowest BCUT2D eigenvalue weighted by atomic mass is 10.0. The smallest absolute Gasteiger partial charge is 0.152 e. The molecule has 1 heterocycles. The molecule has 0 spiro atoms. The van der Waals surface area contributed by atoms with Gasteiger partial charge in [0.05, 0.1) is 0 Å². The predicted octanol–water partition coefficient (Wildman–Crippen LogP) is 2.47. The molecule has 0 saturated heterocycles. The van der Waals surface area contributed by atoms with Gasteiger partial charge in [-0.1, -0.05) is 25.4 Å². The Morgan fingerprint density at radius 2 is 2.21 bits per heavy atom. The van der Waals surface area contributed by atoms with Crippen LogP contribution in [0.2, 0.25) is 5.15 Å². The summed E-state index contributed by atoms with van der Waals surface area (Å²) in [7, 11) is 0. The van der Waals surface area contributed by atoms with Gasteiger partial charge in [0.1, 0.15) is 5.82 Å². The molecule has 0 aliphatic heterocycles. The Kier molecular flexibility index (Phi) is 2.35. The Balaban J connectivity index is 2.22. The SMILES string of the molecule is CC(C)[C@H]1C[C@@H]1c1cc(Cl)nnc1N. The summed E-state index contributed by atoms with van der Waals surface area (Å²) in [5.74, 6) is 2.51. The first-order valence-electron chi connectivity index (χ1n) is 4.88. The quantitative estimate of drug-likeness (QED) is 0.818. The average Bonchev–Trinajstić information content (AvgIpc) is 2.88. The molecule has 0 radical (unpaired) electrons. The van der Waals surface area contributed by atoms with E-state index in [1.165, 1.54) is 6.42 Å². The number of hydrogen-bond donors (Lipinski definition) is 1. The zero-order chi connectivity index (χ0) is 10.3. The molecular formula is C10H14ClN3. The minimum atomic E-state index is 0.434. The normalized spacial score (nSPS) is 25.4. The zero-order valence-corrected chi connectivity index (χ0v) is 9.12. The van der Waals surface area contributed by atoms with E-state index in [2.05, 4.69) is 24.0 Å². The van der Waals surface area contributed by atoms with Crippen molar-refractivity contribution in [2.45, 2.75) is 26.2 Å². The van der Waals surface area contributed by atoms with E-state index in [1.807, 2.05) is 6.07 Å². The van der Waals surface area contributed by atoms with E-state index in [0.29, 0.717) is 22.8 Å². The molecule has 2 rings (SSSR count). The summed E-state index contributed by atoms with van der Waals surface area (Å²) in [6.45, 7) is 4.47. The van der Waals surface area contributed by atoms with E-state index in [4.69, 9.17) is 17.3 Å². The lowest BCUT2D eigenvalue weighted by Gasteiger charge is -2.05. The number of nitrogens with zero attached hydrogens (tertiary/aromatic N) is 2. The van der Waals surface area contributed by atoms with E-state index >= 15 is 0 Å². The largest absolute Gasteiger partial charge is 0.382 e. The van der Waals surface area contributed by atoms with Crippen molar-refractivity contribution in [3.05, 3.63) is 16.8 Å². The lowest BCUT2D eigenvalue weighted by Crippen LogP contribution is -2.01. The third kappa shape index (κ3) is 1.69. The van der Waals surface area contributed by atoms with Crippen molar-refractivity contribution < 1.29 is 0 Å². The van der Waals surface area contributed by atoms with Gasteiger partial charge in [0.2, 0.25) is 0 Å². The van der Waals surface area contributed by atoms with E-state index < -0.39 is 0 Å². The number of anilines is 1. The summed E-state index contributed by atoms with van der Waals surface area (Å²) in [5, 5.41) is 7.97. The van der Waals surface area contributed by atoms with Gasteiger partial charge in [-0.15, -0.1) is 10.2 Å². The van der Waals surface area contributed by atoms with Crippen LogP contribution < -0.4 is 5.73 Å². The third-order valence-electron chi connectivity index (χ3n) is 2.92. The van der Waals surface area contributed by atoms with Crippen LogP contribution in [0.4, 0.5) is 5.82 Å². The Bertz CT molecular complexity index is 351. The van der Waals surface area contributed by atoms with Crippen molar-refractivity contribution in [3.8, 4) is 0 Å². The highest BCUT2D eigenvalue weighted by atomic mass is 35.5. The highest BCUT2D eigenvalue weighted by Crippen LogP contribution is 2.52. The molecule has 0 unspecified atom stereocenters. The van der Waals surface area contributed by atoms with Crippen LogP contribution in [0.5, 0.6) is 0 Å². The molecule has 76 valence electrons. The van der Waals surface area contributed by atoms with Crippen molar-refractivity contribution >= 4 is 17.4 Å². The van der Waals surface area contributed by atoms with Crippen LogP contribution in [-0.4, -0.2) is 10.2 Å². The number of hydrogen-bond acceptors (Lipinski definition) is 3. The fraction of sp³-hybridized carbons (Fsp3) is 0.600. The van der Waals surface area contributed by atoms with Gasteiger partial charge in [0.15, 0.2) is 5.15 Å². The maximum absolute atomic E-state index is 5.79. The van der Waals surface area contributed by atoms with E-state index in [1.54, 1.807) is 0 Å². The summed E-state index contributed by atoms with van der Waals surface area (Å²) in [5.41, 5.74) is 6.83. The zero-order valence-electron chi connectivity index (χ0n) is 8.37. The van der Waals surface area contributed by atoms with Gasteiger partial charge in [-0.25, -0.2) is 0 Å². The first-order chi connectivity index (χ1) is 6.59. The molecular weight excluding hydrogens is 198 g/mol. The second kappa shape index (κ2) is 3.39. The van der Waals surface area contributed by atoms with Crippen molar-refractivity contribution in [3.63, 3.8) is 0 Å². The minimum absolute atomic E-state index is 0.434. The second-order valence-corrected chi connectivity index (χ2v) is 4.64. The summed E-state index contributed by atoms with van der Waals surface area (Å²) < 4.78 is 0. The number of halogens is 1. The first-order valence-corrected chi connectivity index (χ1v) is 5.26. The van der Waals surface area contributed by atoms with Crippen LogP contribution in [0.25, 0.3) is 0 Å². The molecule has 4 heteroatoms. The van der Waals surface area contributed by atoms with Crippen LogP contribution in [0.15, 0.2) is 6.07 Å². The maximum atomic E-state index is 5.79. The van der Waals surface area contributed by atoms with Crippen molar-refractivity contribution in [1.29, 1.82) is 0 Å². The van der Waals surface area contributed by atoms with Gasteiger partial charge in [0, 0.05) is 5.56 Å². The molecule has 0 amide bonds. The Morgan fingerprint density at radius 3 is 2.79 bits per heavy atom. The van der Waals surface area contributed by atoms with Crippen LogP contribution in [0.3, 0.4) is 0 Å². The standard InChI is InChI=1S/C10H14ClN3/c1-5(2)6-3-7(6)8-4-9(11)13-14-10(8)12/h4-7H,3H2,1-2H3,(H2,12,14)/t6-,7+/m1/s1. The molecule has 1 aromatic heterocycles. The first kappa shape index (κ1) is 9.71. The van der Waals surface area contributed by atoms with E-state index in [9.17, 15) is 0 Å². The Morgan fingerprint density at radius 1 is 1.50 bits per heavy atom. The summed E-state index contributed by atoms with van der Waals surface area (Å²) in [6, 6.07) is 1.84. The Hall–Kier alpha value is -0.830. The van der Waals surface area contributed by atoms with E-state index in [0.717, 1.165) is 11.5 Å². The topological polar surface area (TPSA) is 51.8 Å². The second-order valence-electron chi connectivity index (χ2n) is 4.26. The predicted molar refractivity (Wildman–Crippen MR) is 57.1 cm³/mol. The fourth-order valence-corrected chi connectivity index (χ4v) is 2.15. The minimum Gasteiger partial charge on any atom is -0.382 e. The van der Waals surface area contributed by atoms with Gasteiger partial charge in [-0.2, -0.15) is 0 Å². The monoisotopic (exact) mass is 211 g/mol. The van der Waals surface area contributed by atoms with Crippen molar-refractivity contribution in [1.82, 2.24) is 10.2 Å². The Labute approximate surface area is 88.7 Å². The van der Waals surface area contributed by atoms with Gasteiger partial charge in [-0.05, 0) is 30.2 Å². The van der Waals surface area contributed by atoms with Crippen LogP contribution >= 0.6 is 11.6 Å². The van der Waals surface area contributed by atoms with Gasteiger partial charge >= 0.3 is 0 Å². The molecule has 1 aromatic rings. The molecule has 3 nitrogen and oxygen atoms in total. The van der Waals surface area contributed by atoms with E-state index in [-0.39, 0.29) is 0 Å². The van der Waals surface area contributed by atoms with Crippen LogP contribution in [0.1, 0.15) is 31.7 Å². The molecule has 1 saturated carbocycles. The van der Waals surface area contributed by atoms with Crippen molar-refractivity contribution in [2.24, 2.45) is 11.8 Å². The molecule has 1 aliphatic carbocycles. The molecule has 14 heavy (non-hydrogen) atoms. The van der Waals surface area contributed by atoms with Gasteiger partial charge < -0.3 is 5.73 Å². The summed E-state index contributed by atoms with van der Waals surface area (Å²) in [4.78, 5) is 0. The number of nitrogens with two attached hydrogens (primary N) is 1. The molecule has 2 atom stereocenters. The van der Waals surface area contributed by atoms with Crippen LogP contribution in [0, 0.1) is 11.8 Å². The third-order valence-corrected chi connectivity index (χ3v) is 3.10. The maximum Gasteiger partial charge on any atom is 0.152 e. The van der Waals surface area contributed by atoms with Crippen LogP contribution in [-0.2, 0) is 0 Å². The average molecular weight is 212 g/mol. The van der Waals surface area contributed by atoms with Gasteiger partial charge in [0.25, 0.3) is 0 Å². The number of aromatic nitrogens is 2. The van der Waals surface area contributed by atoms with Crippen molar-refractivity contribution in [2.75, 3.05) is 5.73 Å². The molecule has 2 N–H and O–H groups in total. The highest BCUT2D eigenvalue weighted by Gasteiger charge is 2.41. The molecule has 0 aromatic carbocycles. The summed E-state index contributed by atoms with van der Waals surface area (Å²) >= 11 is 5.79. The van der Waals surface area contributed by atoms with Gasteiger partial charge in [-0.3, -0.25) is 0 Å². The molecule has 1 aliphatic rings. The molecule has 1 fully saturated rings. The number of rotatable bonds is 2. The lowest BCUT2D eigenvalue weighted by molar-refractivity contribution is 0.548. The molecule has 0 bridgehead atoms. The summed E-state index contributed by atoms with van der Waals surface area (Å²) in [6.07, 6.45) is 1.20.